The highest BCUT2D eigenvalue weighted by molar-refractivity contribution is 6.31. The molecule has 0 heterocycles. The number of methoxy groups -OCH3 is 1. The lowest BCUT2D eigenvalue weighted by atomic mass is 9.90. The van der Waals surface area contributed by atoms with Crippen molar-refractivity contribution in [3.05, 3.63) is 64.2 Å². The van der Waals surface area contributed by atoms with Gasteiger partial charge in [0.2, 0.25) is 0 Å². The summed E-state index contributed by atoms with van der Waals surface area (Å²) < 4.78 is 5.23. The van der Waals surface area contributed by atoms with Crippen molar-refractivity contribution in [2.24, 2.45) is 0 Å². The molecule has 0 aliphatic heterocycles. The van der Waals surface area contributed by atoms with Gasteiger partial charge in [-0.3, -0.25) is 4.79 Å². The Balaban J connectivity index is 2.46. The Morgan fingerprint density at radius 1 is 1.29 bits per heavy atom. The number of nitrogens with zero attached hydrogens (tertiary/aromatic N) is 1. The molecule has 1 atom stereocenters. The van der Waals surface area contributed by atoms with Gasteiger partial charge in [-0.2, -0.15) is 5.26 Å². The molecule has 106 valence electrons. The number of rotatable bonds is 4. The normalized spacial score (nSPS) is 11.5. The van der Waals surface area contributed by atoms with Gasteiger partial charge in [-0.1, -0.05) is 29.8 Å². The second kappa shape index (κ2) is 6.43. The minimum atomic E-state index is -0.918. The maximum Gasteiger partial charge on any atom is 0.184 e. The third-order valence-electron chi connectivity index (χ3n) is 3.17. The average molecular weight is 300 g/mol. The van der Waals surface area contributed by atoms with Crippen LogP contribution in [0.4, 0.5) is 0 Å². The van der Waals surface area contributed by atoms with E-state index in [1.54, 1.807) is 42.5 Å². The molecule has 4 heteroatoms. The van der Waals surface area contributed by atoms with Crippen molar-refractivity contribution in [3.8, 4) is 11.8 Å². The third kappa shape index (κ3) is 3.24. The number of hydrogen-bond acceptors (Lipinski definition) is 3. The predicted octanol–water partition coefficient (Wildman–Crippen LogP) is 4.15. The van der Waals surface area contributed by atoms with Gasteiger partial charge in [-0.25, -0.2) is 0 Å². The summed E-state index contributed by atoms with van der Waals surface area (Å²) in [5.41, 5.74) is 1.87. The summed E-state index contributed by atoms with van der Waals surface area (Å²) in [7, 11) is 1.52. The quantitative estimate of drug-likeness (QED) is 0.797. The number of para-hydroxylation sites is 1. The summed E-state index contributed by atoms with van der Waals surface area (Å²) in [6.45, 7) is 1.85. The standard InChI is InChI=1S/C17H14ClNO2/c1-11-7-12(9-13(18)8-11)17(20)15(10-19)14-5-3-4-6-16(14)21-2/h3-9,15H,1-2H3. The maximum atomic E-state index is 12.6. The summed E-state index contributed by atoms with van der Waals surface area (Å²) in [5, 5.41) is 9.89. The number of benzene rings is 2. The smallest absolute Gasteiger partial charge is 0.184 e. The molecule has 2 aromatic rings. The predicted molar refractivity (Wildman–Crippen MR) is 81.9 cm³/mol. The molecule has 21 heavy (non-hydrogen) atoms. The summed E-state index contributed by atoms with van der Waals surface area (Å²) in [4.78, 5) is 12.6. The molecule has 0 fully saturated rings. The number of aryl methyl sites for hydroxylation is 1. The van der Waals surface area contributed by atoms with E-state index in [0.29, 0.717) is 21.9 Å². The molecule has 2 rings (SSSR count). The minimum absolute atomic E-state index is 0.285. The second-order valence-corrected chi connectivity index (χ2v) is 5.12. The van der Waals surface area contributed by atoms with E-state index in [1.807, 2.05) is 6.92 Å². The van der Waals surface area contributed by atoms with Crippen LogP contribution in [0.5, 0.6) is 5.75 Å². The molecule has 0 N–H and O–H groups in total. The summed E-state index contributed by atoms with van der Waals surface area (Å²) in [5.74, 6) is -0.678. The molecule has 0 amide bonds. The van der Waals surface area contributed by atoms with Crippen LogP contribution in [-0.4, -0.2) is 12.9 Å². The first-order valence-corrected chi connectivity index (χ1v) is 6.78. The summed E-state index contributed by atoms with van der Waals surface area (Å²) in [6, 6.07) is 14.2. The number of halogens is 1. The number of ketones is 1. The van der Waals surface area contributed by atoms with E-state index in [4.69, 9.17) is 16.3 Å². The first-order valence-electron chi connectivity index (χ1n) is 6.40. The van der Waals surface area contributed by atoms with E-state index >= 15 is 0 Å². The van der Waals surface area contributed by atoms with Crippen LogP contribution >= 0.6 is 11.6 Å². The number of carbonyl (C=O) groups excluding carboxylic acids is 1. The first-order chi connectivity index (χ1) is 10.1. The zero-order chi connectivity index (χ0) is 15.4. The van der Waals surface area contributed by atoms with Crippen molar-refractivity contribution in [1.29, 1.82) is 5.26 Å². The van der Waals surface area contributed by atoms with Crippen LogP contribution < -0.4 is 4.74 Å². The largest absolute Gasteiger partial charge is 0.496 e. The molecule has 0 aliphatic rings. The van der Waals surface area contributed by atoms with Gasteiger partial charge >= 0.3 is 0 Å². The van der Waals surface area contributed by atoms with Gasteiger partial charge in [0.05, 0.1) is 13.2 Å². The lowest BCUT2D eigenvalue weighted by molar-refractivity contribution is 0.0977. The zero-order valence-electron chi connectivity index (χ0n) is 11.8. The summed E-state index contributed by atoms with van der Waals surface area (Å²) >= 11 is 5.99. The van der Waals surface area contributed by atoms with Gasteiger partial charge in [0.25, 0.3) is 0 Å². The molecule has 0 aliphatic carbocycles. The third-order valence-corrected chi connectivity index (χ3v) is 3.39. The molecule has 0 radical (unpaired) electrons. The Kier molecular flexibility index (Phi) is 4.62. The molecular weight excluding hydrogens is 286 g/mol. The number of carbonyl (C=O) groups is 1. The Morgan fingerprint density at radius 3 is 2.62 bits per heavy atom. The molecule has 1 unspecified atom stereocenters. The molecule has 3 nitrogen and oxygen atoms in total. The average Bonchev–Trinajstić information content (AvgIpc) is 2.47. The highest BCUT2D eigenvalue weighted by Gasteiger charge is 2.25. The van der Waals surface area contributed by atoms with Crippen LogP contribution in [0.15, 0.2) is 42.5 Å². The van der Waals surface area contributed by atoms with Crippen LogP contribution in [0, 0.1) is 18.3 Å². The number of nitriles is 1. The molecule has 2 aromatic carbocycles. The van der Waals surface area contributed by atoms with E-state index in [0.717, 1.165) is 5.56 Å². The van der Waals surface area contributed by atoms with E-state index in [1.165, 1.54) is 7.11 Å². The number of ether oxygens (including phenoxy) is 1. The van der Waals surface area contributed by atoms with Crippen molar-refractivity contribution < 1.29 is 9.53 Å². The molecule has 0 aromatic heterocycles. The second-order valence-electron chi connectivity index (χ2n) is 4.69. The zero-order valence-corrected chi connectivity index (χ0v) is 12.5. The molecule has 0 bridgehead atoms. The summed E-state index contributed by atoms with van der Waals surface area (Å²) in [6.07, 6.45) is 0. The first kappa shape index (κ1) is 15.1. The van der Waals surface area contributed by atoms with Crippen molar-refractivity contribution in [1.82, 2.24) is 0 Å². The Hall–Kier alpha value is -2.31. The van der Waals surface area contributed by atoms with Crippen LogP contribution in [0.2, 0.25) is 5.02 Å². The van der Waals surface area contributed by atoms with Crippen molar-refractivity contribution in [2.45, 2.75) is 12.8 Å². The Morgan fingerprint density at radius 2 is 2.00 bits per heavy atom. The van der Waals surface area contributed by atoms with Gasteiger partial charge in [0, 0.05) is 16.1 Å². The molecule has 0 saturated carbocycles. The van der Waals surface area contributed by atoms with Crippen molar-refractivity contribution in [2.75, 3.05) is 7.11 Å². The van der Waals surface area contributed by atoms with Gasteiger partial charge in [-0.15, -0.1) is 0 Å². The lowest BCUT2D eigenvalue weighted by Gasteiger charge is -2.13. The van der Waals surface area contributed by atoms with Gasteiger partial charge < -0.3 is 4.74 Å². The monoisotopic (exact) mass is 299 g/mol. The number of hydrogen-bond donors (Lipinski definition) is 0. The fourth-order valence-corrected chi connectivity index (χ4v) is 2.51. The minimum Gasteiger partial charge on any atom is -0.496 e. The fourth-order valence-electron chi connectivity index (χ4n) is 2.22. The Labute approximate surface area is 128 Å². The van der Waals surface area contributed by atoms with Crippen LogP contribution in [0.1, 0.15) is 27.4 Å². The highest BCUT2D eigenvalue weighted by Crippen LogP contribution is 2.29. The van der Waals surface area contributed by atoms with Crippen molar-refractivity contribution >= 4 is 17.4 Å². The SMILES string of the molecule is COc1ccccc1C(C#N)C(=O)c1cc(C)cc(Cl)c1. The van der Waals surface area contributed by atoms with Gasteiger partial charge in [0.15, 0.2) is 5.78 Å². The number of Topliss-reactive ketones (excluding diaryl/α,β-unsaturated/α-hetero) is 1. The van der Waals surface area contributed by atoms with E-state index in [-0.39, 0.29) is 5.78 Å². The van der Waals surface area contributed by atoms with Crippen LogP contribution in [0.25, 0.3) is 0 Å². The van der Waals surface area contributed by atoms with E-state index < -0.39 is 5.92 Å². The highest BCUT2D eigenvalue weighted by atomic mass is 35.5. The topological polar surface area (TPSA) is 50.1 Å². The van der Waals surface area contributed by atoms with E-state index in [9.17, 15) is 10.1 Å². The molecule has 0 spiro atoms. The maximum absolute atomic E-state index is 12.6. The van der Waals surface area contributed by atoms with Gasteiger partial charge in [0.1, 0.15) is 11.7 Å². The van der Waals surface area contributed by atoms with Crippen LogP contribution in [-0.2, 0) is 0 Å². The lowest BCUT2D eigenvalue weighted by Crippen LogP contribution is -2.12. The Bertz CT molecular complexity index is 699. The van der Waals surface area contributed by atoms with E-state index in [2.05, 4.69) is 6.07 Å². The van der Waals surface area contributed by atoms with Crippen molar-refractivity contribution in [3.63, 3.8) is 0 Å². The molecular formula is C17H14ClNO2. The molecule has 0 saturated heterocycles. The fraction of sp³-hybridized carbons (Fsp3) is 0.176. The van der Waals surface area contributed by atoms with Gasteiger partial charge in [-0.05, 0) is 36.8 Å². The van der Waals surface area contributed by atoms with Crippen LogP contribution in [0.3, 0.4) is 0 Å².